The number of carbonyl (C=O) groups is 1. The standard InChI is InChI=1S/C14H14N2O2S2/c1-2-18-11-6-4-3-5-10(11)13-16(12(17)9-20-13)14-15-7-8-19-14/h3-8,13H,2,9H2,1H3/t13-/m1/s1. The summed E-state index contributed by atoms with van der Waals surface area (Å²) >= 11 is 3.09. The summed E-state index contributed by atoms with van der Waals surface area (Å²) in [7, 11) is 0. The fourth-order valence-corrected chi connectivity index (χ4v) is 4.10. The molecule has 0 radical (unpaired) electrons. The van der Waals surface area contributed by atoms with Crippen molar-refractivity contribution in [2.24, 2.45) is 0 Å². The molecule has 1 atom stereocenters. The molecule has 104 valence electrons. The molecule has 0 bridgehead atoms. The van der Waals surface area contributed by atoms with E-state index in [1.54, 1.807) is 22.9 Å². The number of nitrogens with zero attached hydrogens (tertiary/aromatic N) is 2. The maximum atomic E-state index is 12.2. The van der Waals surface area contributed by atoms with Crippen LogP contribution in [-0.2, 0) is 4.79 Å². The number of anilines is 1. The zero-order valence-electron chi connectivity index (χ0n) is 11.0. The Balaban J connectivity index is 1.98. The summed E-state index contributed by atoms with van der Waals surface area (Å²) in [5.41, 5.74) is 1.03. The molecule has 2 aromatic rings. The highest BCUT2D eigenvalue weighted by atomic mass is 32.2. The van der Waals surface area contributed by atoms with Crippen LogP contribution in [0.4, 0.5) is 5.13 Å². The van der Waals surface area contributed by atoms with Crippen LogP contribution >= 0.6 is 23.1 Å². The molecule has 1 aliphatic heterocycles. The van der Waals surface area contributed by atoms with Crippen LogP contribution in [-0.4, -0.2) is 23.3 Å². The Hall–Kier alpha value is -1.53. The van der Waals surface area contributed by atoms with E-state index >= 15 is 0 Å². The number of carbonyl (C=O) groups excluding carboxylic acids is 1. The second-order valence-corrected chi connectivity index (χ2v) is 6.15. The first-order valence-corrected chi connectivity index (χ1v) is 8.29. The highest BCUT2D eigenvalue weighted by molar-refractivity contribution is 8.00. The minimum absolute atomic E-state index is 0.0589. The molecule has 1 aromatic heterocycles. The van der Waals surface area contributed by atoms with E-state index in [2.05, 4.69) is 4.98 Å². The average molecular weight is 306 g/mol. The molecule has 1 amide bonds. The maximum Gasteiger partial charge on any atom is 0.240 e. The summed E-state index contributed by atoms with van der Waals surface area (Å²) in [6.07, 6.45) is 1.72. The second kappa shape index (κ2) is 5.85. The average Bonchev–Trinajstić information content (AvgIpc) is 3.09. The molecule has 2 heterocycles. The molecule has 0 spiro atoms. The number of hydrogen-bond donors (Lipinski definition) is 0. The highest BCUT2D eigenvalue weighted by Gasteiger charge is 2.36. The van der Waals surface area contributed by atoms with Gasteiger partial charge in [0.1, 0.15) is 11.1 Å². The van der Waals surface area contributed by atoms with Crippen LogP contribution in [0.15, 0.2) is 35.8 Å². The van der Waals surface area contributed by atoms with Gasteiger partial charge in [-0.25, -0.2) is 4.98 Å². The Kier molecular flexibility index (Phi) is 3.93. The van der Waals surface area contributed by atoms with E-state index in [4.69, 9.17) is 4.74 Å². The van der Waals surface area contributed by atoms with Crippen LogP contribution < -0.4 is 9.64 Å². The quantitative estimate of drug-likeness (QED) is 0.869. The van der Waals surface area contributed by atoms with Crippen molar-refractivity contribution in [1.82, 2.24) is 4.98 Å². The summed E-state index contributed by atoms with van der Waals surface area (Å²) in [6.45, 7) is 2.57. The number of thiazole rings is 1. The Bertz CT molecular complexity index is 601. The zero-order valence-corrected chi connectivity index (χ0v) is 12.6. The smallest absolute Gasteiger partial charge is 0.240 e. The number of aromatic nitrogens is 1. The summed E-state index contributed by atoms with van der Waals surface area (Å²) < 4.78 is 5.68. The van der Waals surface area contributed by atoms with Crippen molar-refractivity contribution in [2.45, 2.75) is 12.3 Å². The molecular weight excluding hydrogens is 292 g/mol. The van der Waals surface area contributed by atoms with E-state index in [1.165, 1.54) is 11.3 Å². The summed E-state index contributed by atoms with van der Waals surface area (Å²) in [4.78, 5) is 18.2. The lowest BCUT2D eigenvalue weighted by molar-refractivity contribution is -0.115. The summed E-state index contributed by atoms with van der Waals surface area (Å²) in [6, 6.07) is 7.88. The number of ether oxygens (including phenoxy) is 1. The van der Waals surface area contributed by atoms with Crippen LogP contribution in [0.25, 0.3) is 0 Å². The van der Waals surface area contributed by atoms with E-state index in [1.807, 2.05) is 36.6 Å². The van der Waals surface area contributed by atoms with E-state index < -0.39 is 0 Å². The van der Waals surface area contributed by atoms with Gasteiger partial charge in [-0.15, -0.1) is 23.1 Å². The minimum Gasteiger partial charge on any atom is -0.493 e. The van der Waals surface area contributed by atoms with Crippen molar-refractivity contribution in [1.29, 1.82) is 0 Å². The van der Waals surface area contributed by atoms with Gasteiger partial charge in [0, 0.05) is 17.1 Å². The van der Waals surface area contributed by atoms with E-state index in [0.717, 1.165) is 16.4 Å². The van der Waals surface area contributed by atoms with Gasteiger partial charge in [0.05, 0.1) is 12.4 Å². The Morgan fingerprint density at radius 1 is 1.45 bits per heavy atom. The van der Waals surface area contributed by atoms with E-state index in [-0.39, 0.29) is 11.3 Å². The third-order valence-corrected chi connectivity index (χ3v) is 4.94. The fourth-order valence-electron chi connectivity index (χ4n) is 2.17. The molecule has 0 aliphatic carbocycles. The van der Waals surface area contributed by atoms with Crippen LogP contribution in [0.5, 0.6) is 5.75 Å². The van der Waals surface area contributed by atoms with Crippen LogP contribution in [0.2, 0.25) is 0 Å². The SMILES string of the molecule is CCOc1ccccc1[C@H]1SCC(=O)N1c1nccs1. The number of amides is 1. The fraction of sp³-hybridized carbons (Fsp3) is 0.286. The normalized spacial score (nSPS) is 18.6. The predicted octanol–water partition coefficient (Wildman–Crippen LogP) is 3.32. The van der Waals surface area contributed by atoms with Gasteiger partial charge in [0.15, 0.2) is 5.13 Å². The molecule has 1 aliphatic rings. The van der Waals surface area contributed by atoms with E-state index in [9.17, 15) is 4.79 Å². The third-order valence-electron chi connectivity index (χ3n) is 2.98. The predicted molar refractivity (Wildman–Crippen MR) is 82.4 cm³/mol. The maximum absolute atomic E-state index is 12.2. The van der Waals surface area contributed by atoms with Crippen LogP contribution in [0.3, 0.4) is 0 Å². The lowest BCUT2D eigenvalue weighted by Crippen LogP contribution is -2.27. The molecule has 3 rings (SSSR count). The number of benzene rings is 1. The van der Waals surface area contributed by atoms with Crippen LogP contribution in [0.1, 0.15) is 17.9 Å². The highest BCUT2D eigenvalue weighted by Crippen LogP contribution is 2.45. The van der Waals surface area contributed by atoms with Gasteiger partial charge >= 0.3 is 0 Å². The van der Waals surface area contributed by atoms with Crippen molar-refractivity contribution < 1.29 is 9.53 Å². The molecule has 0 N–H and O–H groups in total. The number of thioether (sulfide) groups is 1. The third kappa shape index (κ3) is 2.41. The van der Waals surface area contributed by atoms with Crippen molar-refractivity contribution in [3.8, 4) is 5.75 Å². The Morgan fingerprint density at radius 3 is 3.05 bits per heavy atom. The number of para-hydroxylation sites is 1. The molecule has 6 heteroatoms. The lowest BCUT2D eigenvalue weighted by atomic mass is 10.2. The van der Waals surface area contributed by atoms with Gasteiger partial charge in [-0.2, -0.15) is 0 Å². The van der Waals surface area contributed by atoms with Crippen LogP contribution in [0, 0.1) is 0 Å². The Morgan fingerprint density at radius 2 is 2.30 bits per heavy atom. The van der Waals surface area contributed by atoms with Crippen molar-refractivity contribution in [2.75, 3.05) is 17.3 Å². The molecule has 0 saturated carbocycles. The Labute approximate surface area is 125 Å². The molecule has 0 unspecified atom stereocenters. The van der Waals surface area contributed by atoms with Gasteiger partial charge in [-0.05, 0) is 13.0 Å². The topological polar surface area (TPSA) is 42.4 Å². The molecule has 1 aromatic carbocycles. The monoisotopic (exact) mass is 306 g/mol. The van der Waals surface area contributed by atoms with Crippen molar-refractivity contribution in [3.05, 3.63) is 41.4 Å². The number of hydrogen-bond acceptors (Lipinski definition) is 5. The number of rotatable bonds is 4. The van der Waals surface area contributed by atoms with Gasteiger partial charge < -0.3 is 4.74 Å². The molecular formula is C14H14N2O2S2. The minimum atomic E-state index is -0.0589. The zero-order chi connectivity index (χ0) is 13.9. The first kappa shape index (κ1) is 13.5. The van der Waals surface area contributed by atoms with Crippen molar-refractivity contribution in [3.63, 3.8) is 0 Å². The molecule has 1 saturated heterocycles. The van der Waals surface area contributed by atoms with Crippen molar-refractivity contribution >= 4 is 34.1 Å². The first-order chi connectivity index (χ1) is 9.81. The molecule has 4 nitrogen and oxygen atoms in total. The van der Waals surface area contributed by atoms with Gasteiger partial charge in [-0.1, -0.05) is 18.2 Å². The van der Waals surface area contributed by atoms with Gasteiger partial charge in [-0.3, -0.25) is 9.69 Å². The summed E-state index contributed by atoms with van der Waals surface area (Å²) in [5, 5.41) is 2.57. The van der Waals surface area contributed by atoms with E-state index in [0.29, 0.717) is 12.4 Å². The lowest BCUT2D eigenvalue weighted by Gasteiger charge is -2.23. The first-order valence-electron chi connectivity index (χ1n) is 6.36. The second-order valence-electron chi connectivity index (χ2n) is 4.21. The van der Waals surface area contributed by atoms with Gasteiger partial charge in [0.2, 0.25) is 5.91 Å². The molecule has 20 heavy (non-hydrogen) atoms. The largest absolute Gasteiger partial charge is 0.493 e. The van der Waals surface area contributed by atoms with Gasteiger partial charge in [0.25, 0.3) is 0 Å². The molecule has 1 fully saturated rings. The summed E-state index contributed by atoms with van der Waals surface area (Å²) in [5.74, 6) is 1.41.